The van der Waals surface area contributed by atoms with E-state index < -0.39 is 24.5 Å². The monoisotopic (exact) mass is 460 g/mol. The van der Waals surface area contributed by atoms with Crippen molar-refractivity contribution in [3.05, 3.63) is 21.8 Å². The molecule has 0 aromatic heterocycles. The van der Waals surface area contributed by atoms with Gasteiger partial charge < -0.3 is 0 Å². The molecule has 25 heavy (non-hydrogen) atoms. The van der Waals surface area contributed by atoms with Crippen LogP contribution in [-0.4, -0.2) is 41.3 Å². The molecule has 0 aromatic carbocycles. The van der Waals surface area contributed by atoms with E-state index in [0.717, 1.165) is 0 Å². The summed E-state index contributed by atoms with van der Waals surface area (Å²) in [7, 11) is 0. The number of rotatable bonds is 15. The molecule has 0 saturated heterocycles. The van der Waals surface area contributed by atoms with Crippen molar-refractivity contribution in [2.75, 3.05) is 6.61 Å². The van der Waals surface area contributed by atoms with Gasteiger partial charge in [-0.1, -0.05) is 0 Å². The molecule has 148 valence electrons. The van der Waals surface area contributed by atoms with Crippen molar-refractivity contribution >= 4 is 18.4 Å². The first-order valence-corrected chi connectivity index (χ1v) is 18.3. The molecule has 0 saturated carbocycles. The fraction of sp³-hybridized carbons (Fsp3) is 0.818. The molecule has 2 nitrogen and oxygen atoms in total. The average Bonchev–Trinajstić information content (AvgIpc) is 2.64. The molecule has 0 aliphatic rings. The number of aliphatic hydroxyl groups is 2. The molecule has 2 atom stereocenters. The van der Waals surface area contributed by atoms with E-state index >= 15 is 0 Å². The van der Waals surface area contributed by atoms with E-state index in [1.807, 2.05) is 6.92 Å². The molecule has 0 amide bonds. The fourth-order valence-electron chi connectivity index (χ4n) is 3.50. The molecule has 0 aliphatic heterocycles. The minimum absolute atomic E-state index is 0.0239. The molecule has 0 rings (SSSR count). The van der Waals surface area contributed by atoms with Gasteiger partial charge in [0.25, 0.3) is 0 Å². The van der Waals surface area contributed by atoms with Gasteiger partial charge in [-0.05, 0) is 0 Å². The summed E-state index contributed by atoms with van der Waals surface area (Å²) in [6, 6.07) is 0. The van der Waals surface area contributed by atoms with Crippen molar-refractivity contribution in [1.29, 1.82) is 0 Å². The summed E-state index contributed by atoms with van der Waals surface area (Å²) in [5.41, 5.74) is 1.21. The van der Waals surface area contributed by atoms with Crippen LogP contribution in [0.5, 0.6) is 0 Å². The maximum absolute atomic E-state index is 10.0. The Kier molecular flexibility index (Phi) is 15.4. The van der Waals surface area contributed by atoms with Gasteiger partial charge in [-0.15, -0.1) is 0 Å². The van der Waals surface area contributed by atoms with Gasteiger partial charge in [0, 0.05) is 0 Å². The Morgan fingerprint density at radius 2 is 1.40 bits per heavy atom. The summed E-state index contributed by atoms with van der Waals surface area (Å²) in [5, 5.41) is 19.6. The fourth-order valence-corrected chi connectivity index (χ4v) is 17.9. The van der Waals surface area contributed by atoms with Gasteiger partial charge in [-0.2, -0.15) is 0 Å². The van der Waals surface area contributed by atoms with Crippen molar-refractivity contribution in [2.24, 2.45) is 5.92 Å². The predicted molar refractivity (Wildman–Crippen MR) is 115 cm³/mol. The zero-order valence-electron chi connectivity index (χ0n) is 17.6. The van der Waals surface area contributed by atoms with E-state index in [4.69, 9.17) is 0 Å². The second-order valence-electron chi connectivity index (χ2n) is 7.74. The van der Waals surface area contributed by atoms with Gasteiger partial charge in [0.15, 0.2) is 0 Å². The molecular weight excluding hydrogens is 415 g/mol. The number of hydrogen-bond donors (Lipinski definition) is 2. The molecular formula is C22H44O2Sn. The first kappa shape index (κ1) is 25.2. The quantitative estimate of drug-likeness (QED) is 0.224. The van der Waals surface area contributed by atoms with Crippen LogP contribution < -0.4 is 0 Å². The third kappa shape index (κ3) is 10.8. The zero-order chi connectivity index (χ0) is 19.1. The minimum atomic E-state index is -2.22. The topological polar surface area (TPSA) is 40.5 Å². The van der Waals surface area contributed by atoms with Gasteiger partial charge in [-0.25, -0.2) is 0 Å². The van der Waals surface area contributed by atoms with Crippen LogP contribution in [0.3, 0.4) is 0 Å². The van der Waals surface area contributed by atoms with E-state index in [0.29, 0.717) is 6.42 Å². The van der Waals surface area contributed by atoms with E-state index in [1.165, 1.54) is 57.4 Å². The second kappa shape index (κ2) is 15.3. The van der Waals surface area contributed by atoms with Crippen LogP contribution >= 0.6 is 0 Å². The Morgan fingerprint density at radius 1 is 0.920 bits per heavy atom. The van der Waals surface area contributed by atoms with Crippen LogP contribution in [0.25, 0.3) is 0 Å². The van der Waals surface area contributed by atoms with Crippen LogP contribution in [0.15, 0.2) is 21.8 Å². The molecule has 0 radical (unpaired) electrons. The number of allylic oxidation sites excluding steroid dienone is 2. The molecule has 0 aromatic rings. The zero-order valence-corrected chi connectivity index (χ0v) is 20.4. The first-order chi connectivity index (χ1) is 12.0. The molecule has 3 heteroatoms. The van der Waals surface area contributed by atoms with E-state index in [-0.39, 0.29) is 12.5 Å². The Morgan fingerprint density at radius 3 is 1.76 bits per heavy atom. The Labute approximate surface area is 161 Å². The van der Waals surface area contributed by atoms with Crippen LogP contribution in [-0.2, 0) is 0 Å². The molecule has 2 N–H and O–H groups in total. The van der Waals surface area contributed by atoms with Gasteiger partial charge in [0.05, 0.1) is 0 Å². The average molecular weight is 459 g/mol. The van der Waals surface area contributed by atoms with E-state index in [2.05, 4.69) is 43.9 Å². The summed E-state index contributed by atoms with van der Waals surface area (Å²) in [5.74, 6) is -0.138. The van der Waals surface area contributed by atoms with Gasteiger partial charge in [0.2, 0.25) is 0 Å². The Balaban J connectivity index is 5.29. The summed E-state index contributed by atoms with van der Waals surface area (Å²) >= 11 is -2.22. The third-order valence-corrected chi connectivity index (χ3v) is 19.4. The van der Waals surface area contributed by atoms with Crippen LogP contribution in [0.4, 0.5) is 0 Å². The van der Waals surface area contributed by atoms with E-state index in [1.54, 1.807) is 0 Å². The van der Waals surface area contributed by atoms with Crippen LogP contribution in [0, 0.1) is 5.92 Å². The molecule has 0 fully saturated rings. The van der Waals surface area contributed by atoms with Gasteiger partial charge >= 0.3 is 162 Å². The van der Waals surface area contributed by atoms with Crippen molar-refractivity contribution in [1.82, 2.24) is 0 Å². The molecule has 0 bridgehead atoms. The number of aliphatic hydroxyl groups excluding tert-OH is 2. The van der Waals surface area contributed by atoms with E-state index in [9.17, 15) is 10.2 Å². The van der Waals surface area contributed by atoms with Crippen molar-refractivity contribution in [3.8, 4) is 0 Å². The SMILES string of the molecule is CCC[CH2][Sn](/[CH]=C/C(C)=C/[C@H](CO)[C@H](O)CC)([CH2]CCC)[CH2]CCC. The predicted octanol–water partition coefficient (Wildman–Crippen LogP) is 6.26. The van der Waals surface area contributed by atoms with Crippen LogP contribution in [0.2, 0.25) is 13.3 Å². The normalized spacial score (nSPS) is 15.7. The number of unbranched alkanes of at least 4 members (excludes halogenated alkanes) is 3. The van der Waals surface area contributed by atoms with Crippen molar-refractivity contribution in [3.63, 3.8) is 0 Å². The maximum atomic E-state index is 10.0. The Bertz CT molecular complexity index is 354. The van der Waals surface area contributed by atoms with Gasteiger partial charge in [0.1, 0.15) is 0 Å². The van der Waals surface area contributed by atoms with Gasteiger partial charge in [-0.3, -0.25) is 0 Å². The Hall–Kier alpha value is 0.199. The number of hydrogen-bond acceptors (Lipinski definition) is 2. The molecule has 0 spiro atoms. The standard InChI is InChI=1S/C10H17O2.3C4H9.Sn/c1-4-8(3)6-9(7-11)10(12)5-2;3*1-3-4-2;/h1,4,6,9-12H,5,7H2,2-3H3;3*1,3-4H2,2H3;/b4-1?,8-6+;;;;/t9-,10-;;;;/m1..../s1. The van der Waals surface area contributed by atoms with Crippen LogP contribution in [0.1, 0.15) is 79.6 Å². The third-order valence-electron chi connectivity index (χ3n) is 5.38. The summed E-state index contributed by atoms with van der Waals surface area (Å²) in [6.07, 6.45) is 12.7. The second-order valence-corrected chi connectivity index (χ2v) is 20.7. The first-order valence-electron chi connectivity index (χ1n) is 10.6. The van der Waals surface area contributed by atoms with Crippen molar-refractivity contribution < 1.29 is 10.2 Å². The molecule has 0 heterocycles. The molecule has 0 aliphatic carbocycles. The summed E-state index contributed by atoms with van der Waals surface area (Å²) < 4.78 is 7.11. The summed E-state index contributed by atoms with van der Waals surface area (Å²) in [6.45, 7) is 11.0. The summed E-state index contributed by atoms with van der Waals surface area (Å²) in [4.78, 5) is 0. The van der Waals surface area contributed by atoms with Crippen molar-refractivity contribution in [2.45, 2.75) is 99.0 Å². The molecule has 0 unspecified atom stereocenters.